The van der Waals surface area contributed by atoms with Crippen molar-refractivity contribution in [1.29, 1.82) is 0 Å². The predicted molar refractivity (Wildman–Crippen MR) is 87.7 cm³/mol. The van der Waals surface area contributed by atoms with E-state index in [9.17, 15) is 4.79 Å². The first-order valence-electron chi connectivity index (χ1n) is 8.40. The van der Waals surface area contributed by atoms with Crippen LogP contribution in [0.15, 0.2) is 24.3 Å². The number of amides is 1. The third-order valence-corrected chi connectivity index (χ3v) is 5.04. The number of H-pyrrole nitrogens is 1. The Labute approximate surface area is 131 Å². The quantitative estimate of drug-likeness (QED) is 0.925. The molecule has 3 heterocycles. The Hall–Kier alpha value is -1.81. The molecule has 0 bridgehead atoms. The van der Waals surface area contributed by atoms with Gasteiger partial charge in [-0.05, 0) is 32.0 Å². The molecule has 4 rings (SSSR count). The van der Waals surface area contributed by atoms with E-state index in [1.54, 1.807) is 0 Å². The lowest BCUT2D eigenvalue weighted by Crippen LogP contribution is -2.44. The summed E-state index contributed by atoms with van der Waals surface area (Å²) in [5, 5.41) is 1.27. The fourth-order valence-corrected chi connectivity index (χ4v) is 3.79. The molecule has 0 saturated carbocycles. The summed E-state index contributed by atoms with van der Waals surface area (Å²) in [5.41, 5.74) is 3.81. The van der Waals surface area contributed by atoms with Crippen molar-refractivity contribution >= 4 is 16.8 Å². The minimum Gasteiger partial charge on any atom is -0.358 e. The maximum Gasteiger partial charge on any atom is 0.237 e. The molecule has 2 aliphatic heterocycles. The maximum atomic E-state index is 12.6. The van der Waals surface area contributed by atoms with Gasteiger partial charge in [0.15, 0.2) is 0 Å². The Bertz CT molecular complexity index is 685. The van der Waals surface area contributed by atoms with Crippen molar-refractivity contribution in [3.8, 4) is 0 Å². The average molecular weight is 297 g/mol. The van der Waals surface area contributed by atoms with E-state index < -0.39 is 0 Å². The number of piperidine rings is 1. The van der Waals surface area contributed by atoms with Gasteiger partial charge in [0.05, 0.1) is 6.54 Å². The number of carbonyl (C=O) groups excluding carboxylic acids is 1. The van der Waals surface area contributed by atoms with E-state index in [-0.39, 0.29) is 5.91 Å². The lowest BCUT2D eigenvalue weighted by atomic mass is 10.0. The number of likely N-dealkylation sites (tertiary alicyclic amines) is 1. The molecule has 0 spiro atoms. The summed E-state index contributed by atoms with van der Waals surface area (Å²) in [5.74, 6) is 0.290. The first-order valence-corrected chi connectivity index (χ1v) is 8.40. The van der Waals surface area contributed by atoms with Crippen LogP contribution in [0.4, 0.5) is 0 Å². The van der Waals surface area contributed by atoms with Gasteiger partial charge in [-0.15, -0.1) is 0 Å². The molecule has 4 nitrogen and oxygen atoms in total. The Morgan fingerprint density at radius 2 is 1.91 bits per heavy atom. The van der Waals surface area contributed by atoms with Crippen molar-refractivity contribution in [1.82, 2.24) is 14.8 Å². The summed E-state index contributed by atoms with van der Waals surface area (Å²) in [6.07, 6.45) is 4.72. The number of rotatable bonds is 2. The minimum absolute atomic E-state index is 0.290. The fourth-order valence-electron chi connectivity index (χ4n) is 3.79. The number of nitrogens with zero attached hydrogens (tertiary/aromatic N) is 2. The van der Waals surface area contributed by atoms with Crippen molar-refractivity contribution in [3.05, 3.63) is 35.5 Å². The summed E-state index contributed by atoms with van der Waals surface area (Å²) in [6.45, 7) is 4.35. The van der Waals surface area contributed by atoms with Gasteiger partial charge in [0.25, 0.3) is 0 Å². The number of aromatic nitrogens is 1. The summed E-state index contributed by atoms with van der Waals surface area (Å²) < 4.78 is 0. The van der Waals surface area contributed by atoms with Crippen LogP contribution in [0.25, 0.3) is 10.9 Å². The van der Waals surface area contributed by atoms with Crippen LogP contribution < -0.4 is 0 Å². The molecule has 1 amide bonds. The van der Waals surface area contributed by atoms with Crippen LogP contribution in [0.5, 0.6) is 0 Å². The molecule has 1 N–H and O–H groups in total. The molecule has 116 valence electrons. The van der Waals surface area contributed by atoms with E-state index in [0.717, 1.165) is 32.6 Å². The first-order chi connectivity index (χ1) is 10.8. The summed E-state index contributed by atoms with van der Waals surface area (Å²) in [6, 6.07) is 8.41. The van der Waals surface area contributed by atoms with Crippen LogP contribution in [0.3, 0.4) is 0 Å². The van der Waals surface area contributed by atoms with Gasteiger partial charge in [0.1, 0.15) is 0 Å². The van der Waals surface area contributed by atoms with E-state index in [4.69, 9.17) is 0 Å². The highest BCUT2D eigenvalue weighted by molar-refractivity contribution is 5.86. The molecule has 1 fully saturated rings. The molecule has 1 aromatic heterocycles. The molecule has 22 heavy (non-hydrogen) atoms. The maximum absolute atomic E-state index is 12.6. The van der Waals surface area contributed by atoms with E-state index in [0.29, 0.717) is 6.54 Å². The van der Waals surface area contributed by atoms with Gasteiger partial charge in [-0.3, -0.25) is 9.69 Å². The van der Waals surface area contributed by atoms with Gasteiger partial charge >= 0.3 is 0 Å². The number of hydrogen-bond acceptors (Lipinski definition) is 2. The van der Waals surface area contributed by atoms with Crippen molar-refractivity contribution in [2.24, 2.45) is 0 Å². The van der Waals surface area contributed by atoms with Gasteiger partial charge in [0, 0.05) is 41.7 Å². The molecule has 0 radical (unpaired) electrons. The highest BCUT2D eigenvalue weighted by atomic mass is 16.2. The van der Waals surface area contributed by atoms with Crippen LogP contribution in [0.2, 0.25) is 0 Å². The number of hydrogen-bond donors (Lipinski definition) is 1. The average Bonchev–Trinajstić information content (AvgIpc) is 2.93. The van der Waals surface area contributed by atoms with E-state index in [1.807, 2.05) is 4.90 Å². The number of para-hydroxylation sites is 1. The second kappa shape index (κ2) is 5.76. The number of carbonyl (C=O) groups is 1. The SMILES string of the molecule is O=C(CN1CCCCC1)N1CCc2[nH]c3ccccc3c2C1. The molecule has 2 aromatic rings. The first kappa shape index (κ1) is 13.8. The predicted octanol–water partition coefficient (Wildman–Crippen LogP) is 2.54. The smallest absolute Gasteiger partial charge is 0.237 e. The fraction of sp³-hybridized carbons (Fsp3) is 0.500. The highest BCUT2D eigenvalue weighted by Crippen LogP contribution is 2.27. The molecular weight excluding hydrogens is 274 g/mol. The van der Waals surface area contributed by atoms with Crippen molar-refractivity contribution in [2.75, 3.05) is 26.2 Å². The van der Waals surface area contributed by atoms with Crippen molar-refractivity contribution in [2.45, 2.75) is 32.2 Å². The Morgan fingerprint density at radius 1 is 1.09 bits per heavy atom. The topological polar surface area (TPSA) is 39.3 Å². The molecule has 0 unspecified atom stereocenters. The van der Waals surface area contributed by atoms with Crippen LogP contribution in [0.1, 0.15) is 30.5 Å². The van der Waals surface area contributed by atoms with Crippen LogP contribution >= 0.6 is 0 Å². The zero-order valence-electron chi connectivity index (χ0n) is 13.0. The summed E-state index contributed by atoms with van der Waals surface area (Å²) in [4.78, 5) is 20.5. The monoisotopic (exact) mass is 297 g/mol. The van der Waals surface area contributed by atoms with Crippen LogP contribution in [-0.2, 0) is 17.8 Å². The second-order valence-corrected chi connectivity index (χ2v) is 6.53. The zero-order chi connectivity index (χ0) is 14.9. The van der Waals surface area contributed by atoms with Gasteiger partial charge in [-0.2, -0.15) is 0 Å². The minimum atomic E-state index is 0.290. The van der Waals surface area contributed by atoms with E-state index in [1.165, 1.54) is 41.4 Å². The van der Waals surface area contributed by atoms with Gasteiger partial charge in [0.2, 0.25) is 5.91 Å². The highest BCUT2D eigenvalue weighted by Gasteiger charge is 2.25. The van der Waals surface area contributed by atoms with Gasteiger partial charge in [-0.1, -0.05) is 24.6 Å². The molecule has 1 saturated heterocycles. The van der Waals surface area contributed by atoms with Gasteiger partial charge < -0.3 is 9.88 Å². The molecule has 0 atom stereocenters. The largest absolute Gasteiger partial charge is 0.358 e. The van der Waals surface area contributed by atoms with Crippen LogP contribution in [-0.4, -0.2) is 46.9 Å². The lowest BCUT2D eigenvalue weighted by molar-refractivity contribution is -0.133. The number of benzene rings is 1. The molecule has 2 aliphatic rings. The zero-order valence-corrected chi connectivity index (χ0v) is 13.0. The standard InChI is InChI=1S/C18H23N3O/c22-18(13-20-9-4-1-5-10-20)21-11-8-17-15(12-21)14-6-2-3-7-16(14)19-17/h2-3,6-7,19H,1,4-5,8-13H2. The molecule has 4 heteroatoms. The van der Waals surface area contributed by atoms with E-state index in [2.05, 4.69) is 34.1 Å². The summed E-state index contributed by atoms with van der Waals surface area (Å²) >= 11 is 0. The molecule has 0 aliphatic carbocycles. The number of nitrogens with one attached hydrogen (secondary N) is 1. The number of fused-ring (bicyclic) bond motifs is 3. The van der Waals surface area contributed by atoms with Gasteiger partial charge in [-0.25, -0.2) is 0 Å². The third-order valence-electron chi connectivity index (χ3n) is 5.04. The lowest BCUT2D eigenvalue weighted by Gasteiger charge is -2.31. The third kappa shape index (κ3) is 2.52. The van der Waals surface area contributed by atoms with Crippen molar-refractivity contribution < 1.29 is 4.79 Å². The Kier molecular flexibility index (Phi) is 3.62. The Balaban J connectivity index is 1.50. The normalized spacial score (nSPS) is 19.4. The number of aromatic amines is 1. The molecule has 1 aromatic carbocycles. The molecular formula is C18H23N3O. The summed E-state index contributed by atoms with van der Waals surface area (Å²) in [7, 11) is 0. The van der Waals surface area contributed by atoms with E-state index >= 15 is 0 Å². The van der Waals surface area contributed by atoms with Crippen molar-refractivity contribution in [3.63, 3.8) is 0 Å². The second-order valence-electron chi connectivity index (χ2n) is 6.53. The Morgan fingerprint density at radius 3 is 2.77 bits per heavy atom. The van der Waals surface area contributed by atoms with Crippen LogP contribution in [0, 0.1) is 0 Å².